The number of benzene rings is 1. The fraction of sp³-hybridized carbons (Fsp3) is 0.400. The van der Waals surface area contributed by atoms with Crippen molar-refractivity contribution in [3.8, 4) is 5.75 Å². The van der Waals surface area contributed by atoms with Gasteiger partial charge in [0.1, 0.15) is 5.75 Å². The molecule has 76 valence electrons. The zero-order valence-corrected chi connectivity index (χ0v) is 9.07. The summed E-state index contributed by atoms with van der Waals surface area (Å²) in [5.41, 5.74) is 0.893. The van der Waals surface area contributed by atoms with Crippen molar-refractivity contribution in [2.24, 2.45) is 0 Å². The van der Waals surface area contributed by atoms with Gasteiger partial charge in [-0.3, -0.25) is 0 Å². The van der Waals surface area contributed by atoms with Crippen LogP contribution in [0.3, 0.4) is 0 Å². The summed E-state index contributed by atoms with van der Waals surface area (Å²) in [6, 6.07) is 3.27. The van der Waals surface area contributed by atoms with E-state index in [1.807, 2.05) is 0 Å². The Morgan fingerprint density at radius 3 is 2.64 bits per heavy atom. The third-order valence-corrected chi connectivity index (χ3v) is 3.29. The Kier molecular flexibility index (Phi) is 2.86. The maximum Gasteiger partial charge on any atom is 0.120 e. The summed E-state index contributed by atoms with van der Waals surface area (Å²) in [4.78, 5) is 0. The zero-order valence-electron chi connectivity index (χ0n) is 7.56. The van der Waals surface area contributed by atoms with Gasteiger partial charge in [-0.25, -0.2) is 0 Å². The summed E-state index contributed by atoms with van der Waals surface area (Å²) in [7, 11) is 0. The Morgan fingerprint density at radius 2 is 2.00 bits per heavy atom. The molecule has 2 nitrogen and oxygen atoms in total. The van der Waals surface area contributed by atoms with Crippen LogP contribution in [-0.2, 0) is 0 Å². The SMILES string of the molecule is Oc1cc(Cl)c(Cl)cc1[C@H]1CCNC1. The van der Waals surface area contributed by atoms with E-state index < -0.39 is 0 Å². The fourth-order valence-corrected chi connectivity index (χ4v) is 2.13. The molecule has 0 aromatic heterocycles. The number of rotatable bonds is 1. The summed E-state index contributed by atoms with van der Waals surface area (Å²) in [5.74, 6) is 0.595. The average molecular weight is 232 g/mol. The number of halogens is 2. The number of aromatic hydroxyl groups is 1. The smallest absolute Gasteiger partial charge is 0.120 e. The minimum Gasteiger partial charge on any atom is -0.508 e. The molecular formula is C10H11Cl2NO. The van der Waals surface area contributed by atoms with E-state index in [0.717, 1.165) is 25.1 Å². The molecule has 1 aliphatic rings. The molecule has 0 saturated carbocycles. The van der Waals surface area contributed by atoms with E-state index >= 15 is 0 Å². The van der Waals surface area contributed by atoms with E-state index in [0.29, 0.717) is 16.0 Å². The van der Waals surface area contributed by atoms with Gasteiger partial charge in [0.2, 0.25) is 0 Å². The molecule has 14 heavy (non-hydrogen) atoms. The Labute approximate surface area is 92.8 Å². The van der Waals surface area contributed by atoms with E-state index in [9.17, 15) is 5.11 Å². The van der Waals surface area contributed by atoms with E-state index in [1.165, 1.54) is 6.07 Å². The van der Waals surface area contributed by atoms with E-state index in [-0.39, 0.29) is 5.75 Å². The van der Waals surface area contributed by atoms with Crippen LogP contribution in [0.5, 0.6) is 5.75 Å². The standard InChI is InChI=1S/C10H11Cl2NO/c11-8-3-7(6-1-2-13-5-6)10(14)4-9(8)12/h3-4,6,13-14H,1-2,5H2/t6-/m0/s1. The molecule has 2 rings (SSSR count). The number of nitrogens with one attached hydrogen (secondary N) is 1. The van der Waals surface area contributed by atoms with Gasteiger partial charge in [-0.1, -0.05) is 23.2 Å². The molecule has 1 heterocycles. The highest BCUT2D eigenvalue weighted by Crippen LogP contribution is 2.36. The van der Waals surface area contributed by atoms with Crippen molar-refractivity contribution in [1.29, 1.82) is 0 Å². The zero-order chi connectivity index (χ0) is 10.1. The van der Waals surface area contributed by atoms with Gasteiger partial charge in [0, 0.05) is 18.5 Å². The second-order valence-electron chi connectivity index (χ2n) is 3.51. The molecule has 4 heteroatoms. The molecule has 0 aliphatic carbocycles. The van der Waals surface area contributed by atoms with Crippen LogP contribution in [0.1, 0.15) is 17.9 Å². The largest absolute Gasteiger partial charge is 0.508 e. The monoisotopic (exact) mass is 231 g/mol. The predicted octanol–water partition coefficient (Wildman–Crippen LogP) is 2.78. The van der Waals surface area contributed by atoms with Crippen LogP contribution in [0, 0.1) is 0 Å². The summed E-state index contributed by atoms with van der Waals surface area (Å²) >= 11 is 11.7. The van der Waals surface area contributed by atoms with Gasteiger partial charge < -0.3 is 10.4 Å². The Bertz CT molecular complexity index is 348. The number of phenols is 1. The summed E-state index contributed by atoms with van der Waals surface area (Å²) in [5, 5.41) is 13.9. The van der Waals surface area contributed by atoms with Crippen molar-refractivity contribution in [2.75, 3.05) is 13.1 Å². The lowest BCUT2D eigenvalue weighted by atomic mass is 9.97. The maximum absolute atomic E-state index is 9.71. The quantitative estimate of drug-likeness (QED) is 0.780. The Hall–Kier alpha value is -0.440. The second kappa shape index (κ2) is 3.97. The van der Waals surface area contributed by atoms with Crippen molar-refractivity contribution in [1.82, 2.24) is 5.32 Å². The van der Waals surface area contributed by atoms with Crippen molar-refractivity contribution in [2.45, 2.75) is 12.3 Å². The van der Waals surface area contributed by atoms with Crippen LogP contribution in [0.2, 0.25) is 10.0 Å². The molecule has 2 N–H and O–H groups in total. The molecule has 0 amide bonds. The van der Waals surface area contributed by atoms with Crippen LogP contribution >= 0.6 is 23.2 Å². The van der Waals surface area contributed by atoms with Gasteiger partial charge in [-0.2, -0.15) is 0 Å². The maximum atomic E-state index is 9.71. The molecule has 0 radical (unpaired) electrons. The number of phenolic OH excluding ortho intramolecular Hbond substituents is 1. The first kappa shape index (κ1) is 10.1. The lowest BCUT2D eigenvalue weighted by Crippen LogP contribution is -2.08. The van der Waals surface area contributed by atoms with E-state index in [2.05, 4.69) is 5.32 Å². The van der Waals surface area contributed by atoms with Gasteiger partial charge >= 0.3 is 0 Å². The molecule has 1 aromatic rings. The first-order chi connectivity index (χ1) is 6.68. The summed E-state index contributed by atoms with van der Waals surface area (Å²) in [6.45, 7) is 1.88. The highest BCUT2D eigenvalue weighted by atomic mass is 35.5. The highest BCUT2D eigenvalue weighted by molar-refractivity contribution is 6.42. The molecule has 1 atom stereocenters. The van der Waals surface area contributed by atoms with E-state index in [1.54, 1.807) is 6.07 Å². The van der Waals surface area contributed by atoms with Gasteiger partial charge in [0.15, 0.2) is 0 Å². The molecule has 1 saturated heterocycles. The molecule has 0 spiro atoms. The molecular weight excluding hydrogens is 221 g/mol. The summed E-state index contributed by atoms with van der Waals surface area (Å²) in [6.07, 6.45) is 1.03. The van der Waals surface area contributed by atoms with Crippen LogP contribution in [0.4, 0.5) is 0 Å². The van der Waals surface area contributed by atoms with Crippen molar-refractivity contribution in [3.63, 3.8) is 0 Å². The van der Waals surface area contributed by atoms with Crippen LogP contribution in [-0.4, -0.2) is 18.2 Å². The van der Waals surface area contributed by atoms with Crippen molar-refractivity contribution < 1.29 is 5.11 Å². The Morgan fingerprint density at radius 1 is 1.29 bits per heavy atom. The molecule has 1 aliphatic heterocycles. The number of hydrogen-bond donors (Lipinski definition) is 2. The minimum atomic E-state index is 0.244. The first-order valence-electron chi connectivity index (χ1n) is 4.57. The normalized spacial score (nSPS) is 21.4. The molecule has 0 unspecified atom stereocenters. The fourth-order valence-electron chi connectivity index (χ4n) is 1.80. The molecule has 1 aromatic carbocycles. The van der Waals surface area contributed by atoms with Crippen molar-refractivity contribution in [3.05, 3.63) is 27.7 Å². The van der Waals surface area contributed by atoms with Crippen LogP contribution < -0.4 is 5.32 Å². The lowest BCUT2D eigenvalue weighted by Gasteiger charge is -2.12. The predicted molar refractivity (Wildman–Crippen MR) is 58.4 cm³/mol. The topological polar surface area (TPSA) is 32.3 Å². The molecule has 1 fully saturated rings. The lowest BCUT2D eigenvalue weighted by molar-refractivity contribution is 0.463. The molecule has 0 bridgehead atoms. The highest BCUT2D eigenvalue weighted by Gasteiger charge is 2.20. The first-order valence-corrected chi connectivity index (χ1v) is 5.32. The van der Waals surface area contributed by atoms with Gasteiger partial charge in [0.25, 0.3) is 0 Å². The van der Waals surface area contributed by atoms with Gasteiger partial charge in [-0.05, 0) is 24.6 Å². The Balaban J connectivity index is 2.37. The van der Waals surface area contributed by atoms with Gasteiger partial charge in [0.05, 0.1) is 10.0 Å². The average Bonchev–Trinajstić information content (AvgIpc) is 2.64. The third-order valence-electron chi connectivity index (χ3n) is 2.57. The van der Waals surface area contributed by atoms with Crippen LogP contribution in [0.15, 0.2) is 12.1 Å². The van der Waals surface area contributed by atoms with Crippen molar-refractivity contribution >= 4 is 23.2 Å². The van der Waals surface area contributed by atoms with Gasteiger partial charge in [-0.15, -0.1) is 0 Å². The number of hydrogen-bond acceptors (Lipinski definition) is 2. The summed E-state index contributed by atoms with van der Waals surface area (Å²) < 4.78 is 0. The van der Waals surface area contributed by atoms with Crippen LogP contribution in [0.25, 0.3) is 0 Å². The van der Waals surface area contributed by atoms with E-state index in [4.69, 9.17) is 23.2 Å². The minimum absolute atomic E-state index is 0.244. The third kappa shape index (κ3) is 1.83. The second-order valence-corrected chi connectivity index (χ2v) is 4.33.